The van der Waals surface area contributed by atoms with Crippen molar-refractivity contribution in [2.24, 2.45) is 0 Å². The van der Waals surface area contributed by atoms with Crippen LogP contribution < -0.4 is 0 Å². The monoisotopic (exact) mass is 883 g/mol. The molecule has 0 unspecified atom stereocenters. The van der Waals surface area contributed by atoms with Crippen LogP contribution in [0.2, 0.25) is 0 Å². The molecule has 0 spiro atoms. The van der Waals surface area contributed by atoms with E-state index < -0.39 is 20.6 Å². The number of aromatic nitrogens is 5. The van der Waals surface area contributed by atoms with Crippen molar-refractivity contribution >= 4 is 0 Å². The number of pyridine rings is 5. The molecule has 5 heteroatoms. The van der Waals surface area contributed by atoms with Crippen LogP contribution in [0.3, 0.4) is 0 Å². The van der Waals surface area contributed by atoms with Gasteiger partial charge in [-0.05, 0) is 118 Å². The maximum absolute atomic E-state index is 7.38. The third-order valence-electron chi connectivity index (χ3n) is 10.2. The Morgan fingerprint density at radius 1 is 0.284 bits per heavy atom. The fraction of sp³-hybridized carbons (Fsp3) is 0.113. The minimum absolute atomic E-state index is 0.271. The predicted octanol–water partition coefficient (Wildman–Crippen LogP) is 15.9. The van der Waals surface area contributed by atoms with E-state index in [9.17, 15) is 0 Å². The van der Waals surface area contributed by atoms with E-state index in [4.69, 9.17) is 12.3 Å². The zero-order valence-corrected chi connectivity index (χ0v) is 38.2. The molecule has 5 nitrogen and oxygen atoms in total. The van der Waals surface area contributed by atoms with Crippen LogP contribution in [0, 0.1) is 48.3 Å². The first-order chi connectivity index (χ1) is 36.3. The molecule has 5 aromatic carbocycles. The Kier molecular flexibility index (Phi) is 14.1. The quantitative estimate of drug-likeness (QED) is 0.172. The van der Waals surface area contributed by atoms with Crippen LogP contribution in [-0.4, -0.2) is 24.9 Å². The van der Waals surface area contributed by atoms with Crippen molar-refractivity contribution in [3.05, 3.63) is 270 Å². The SMILES string of the molecule is Cc1cccnc1-c1ccccc1.Cc1ccnc(-c2ccccc2)c1.[2H]C([2H])([2H])c1ccc(-c2ccccc2)nc1.[2H]C([2H])([2H])c1cnc(-c2ccccc2)c(C)c1.[2H]C([2H])([2H])c1cnc(-c2ccccc2)cc1C. The molecule has 5 heterocycles. The lowest BCUT2D eigenvalue weighted by Gasteiger charge is -2.05. The highest BCUT2D eigenvalue weighted by molar-refractivity contribution is 5.64. The summed E-state index contributed by atoms with van der Waals surface area (Å²) < 4.78 is 65.9. The highest BCUT2D eigenvalue weighted by Crippen LogP contribution is 2.22. The third-order valence-corrected chi connectivity index (χ3v) is 10.2. The molecule has 0 saturated heterocycles. The highest BCUT2D eigenvalue weighted by Gasteiger charge is 2.03. The van der Waals surface area contributed by atoms with Gasteiger partial charge in [-0.1, -0.05) is 170 Å². The van der Waals surface area contributed by atoms with Gasteiger partial charge in [0, 0.05) is 71.1 Å². The lowest BCUT2D eigenvalue weighted by atomic mass is 10.1. The maximum Gasteiger partial charge on any atom is 0.0731 e. The topological polar surface area (TPSA) is 64.5 Å². The van der Waals surface area contributed by atoms with Crippen molar-refractivity contribution in [2.45, 2.75) is 48.3 Å². The van der Waals surface area contributed by atoms with Gasteiger partial charge in [0.15, 0.2) is 0 Å². The number of nitrogens with zero attached hydrogens (tertiary/aromatic N) is 5. The Balaban J connectivity index is 0.000000155. The Hall–Kier alpha value is -8.15. The summed E-state index contributed by atoms with van der Waals surface area (Å²) in [6, 6.07) is 64.5. The number of aryl methyl sites for hydroxylation is 7. The molecule has 0 saturated carbocycles. The van der Waals surface area contributed by atoms with Gasteiger partial charge in [-0.2, -0.15) is 0 Å². The van der Waals surface area contributed by atoms with Crippen LogP contribution in [0.1, 0.15) is 51.3 Å². The number of hydrogen-bond acceptors (Lipinski definition) is 5. The molecule has 0 fully saturated rings. The molecule has 0 aliphatic carbocycles. The van der Waals surface area contributed by atoms with Crippen molar-refractivity contribution < 1.29 is 12.3 Å². The van der Waals surface area contributed by atoms with E-state index in [1.165, 1.54) is 40.8 Å². The van der Waals surface area contributed by atoms with Crippen molar-refractivity contribution in [2.75, 3.05) is 0 Å². The third kappa shape index (κ3) is 15.2. The van der Waals surface area contributed by atoms with Crippen molar-refractivity contribution in [3.8, 4) is 56.3 Å². The standard InChI is InChI=1S/2C13H13N.3C12H11N/c1-10-8-13(14-9-11(10)2)12-6-4-3-5-7-12;1-10-8-11(2)13(14-9-10)12-6-4-3-5-7-12;1-10-6-5-9-13-12(10)11-7-3-2-4-8-11;1-10-7-8-13-12(9-10)11-5-3-2-4-6-11;1-10-7-8-12(13-9-10)11-5-3-2-4-6-11/h2*3-9H,1-2H3;3*2-9H,1H3/i2D3;1D3;;;1D3. The van der Waals surface area contributed by atoms with Gasteiger partial charge in [0.25, 0.3) is 0 Å². The van der Waals surface area contributed by atoms with Crippen LogP contribution in [0.15, 0.2) is 231 Å². The normalized spacial score (nSPS) is 12.6. The summed E-state index contributed by atoms with van der Waals surface area (Å²) in [6.45, 7) is 1.57. The first-order valence-electron chi connectivity index (χ1n) is 26.3. The second-order valence-corrected chi connectivity index (χ2v) is 15.4. The van der Waals surface area contributed by atoms with Gasteiger partial charge in [0.1, 0.15) is 0 Å². The van der Waals surface area contributed by atoms with Crippen LogP contribution >= 0.6 is 0 Å². The summed E-state index contributed by atoms with van der Waals surface area (Å²) in [6.07, 6.45) is 7.97. The molecular weight excluding hydrogens is 815 g/mol. The molecule has 10 rings (SSSR count). The van der Waals surface area contributed by atoms with Crippen LogP contribution in [0.5, 0.6) is 0 Å². The van der Waals surface area contributed by atoms with E-state index in [0.29, 0.717) is 5.56 Å². The van der Waals surface area contributed by atoms with Gasteiger partial charge in [-0.15, -0.1) is 0 Å². The largest absolute Gasteiger partial charge is 0.256 e. The molecule has 332 valence electrons. The molecular formula is C62H59N5. The lowest BCUT2D eigenvalue weighted by Crippen LogP contribution is -1.88. The minimum atomic E-state index is -2.09. The Morgan fingerprint density at radius 3 is 1.24 bits per heavy atom. The summed E-state index contributed by atoms with van der Waals surface area (Å²) in [5.74, 6) is 0. The second kappa shape index (κ2) is 25.4. The molecule has 0 radical (unpaired) electrons. The summed E-state index contributed by atoms with van der Waals surface area (Å²) in [5.41, 5.74) is 14.8. The molecule has 0 aliphatic rings. The van der Waals surface area contributed by atoms with Gasteiger partial charge in [0.2, 0.25) is 0 Å². The van der Waals surface area contributed by atoms with Crippen molar-refractivity contribution in [3.63, 3.8) is 0 Å². The molecule has 0 bridgehead atoms. The van der Waals surface area contributed by atoms with E-state index >= 15 is 0 Å². The van der Waals surface area contributed by atoms with Gasteiger partial charge < -0.3 is 0 Å². The maximum atomic E-state index is 7.38. The van der Waals surface area contributed by atoms with E-state index in [0.717, 1.165) is 56.3 Å². The second-order valence-electron chi connectivity index (χ2n) is 15.4. The molecule has 0 amide bonds. The fourth-order valence-corrected chi connectivity index (χ4v) is 6.66. The Labute approximate surface area is 410 Å². The first-order valence-corrected chi connectivity index (χ1v) is 21.8. The Morgan fingerprint density at radius 2 is 0.776 bits per heavy atom. The summed E-state index contributed by atoms with van der Waals surface area (Å²) in [7, 11) is 0. The first kappa shape index (κ1) is 37.1. The Bertz CT molecular complexity index is 3340. The van der Waals surface area contributed by atoms with E-state index in [1.807, 2.05) is 165 Å². The molecule has 5 aromatic heterocycles. The highest BCUT2D eigenvalue weighted by atomic mass is 14.7. The summed E-state index contributed by atoms with van der Waals surface area (Å²) >= 11 is 0. The summed E-state index contributed by atoms with van der Waals surface area (Å²) in [4.78, 5) is 21.3. The predicted molar refractivity (Wildman–Crippen MR) is 282 cm³/mol. The molecule has 0 atom stereocenters. The minimum Gasteiger partial charge on any atom is -0.256 e. The van der Waals surface area contributed by atoms with E-state index in [2.05, 4.69) is 75.2 Å². The van der Waals surface area contributed by atoms with Crippen molar-refractivity contribution in [1.82, 2.24) is 24.9 Å². The van der Waals surface area contributed by atoms with Crippen LogP contribution in [0.4, 0.5) is 0 Å². The zero-order valence-electron chi connectivity index (χ0n) is 47.2. The average Bonchev–Trinajstić information content (AvgIpc) is 3.42. The van der Waals surface area contributed by atoms with Crippen molar-refractivity contribution in [1.29, 1.82) is 0 Å². The van der Waals surface area contributed by atoms with E-state index in [1.54, 1.807) is 25.1 Å². The molecule has 10 aromatic rings. The number of rotatable bonds is 5. The molecule has 0 aliphatic heterocycles. The zero-order chi connectivity index (χ0) is 54.7. The smallest absolute Gasteiger partial charge is 0.0731 e. The van der Waals surface area contributed by atoms with Gasteiger partial charge >= 0.3 is 0 Å². The number of hydrogen-bond donors (Lipinski definition) is 0. The number of benzene rings is 5. The molecule has 67 heavy (non-hydrogen) atoms. The van der Waals surface area contributed by atoms with Gasteiger partial charge in [-0.25, -0.2) is 0 Å². The van der Waals surface area contributed by atoms with E-state index in [-0.39, 0.29) is 11.1 Å². The van der Waals surface area contributed by atoms with Crippen LogP contribution in [-0.2, 0) is 0 Å². The average molecular weight is 883 g/mol. The van der Waals surface area contributed by atoms with Gasteiger partial charge in [0.05, 0.1) is 28.5 Å². The molecule has 0 N–H and O–H groups in total. The van der Waals surface area contributed by atoms with Crippen LogP contribution in [0.25, 0.3) is 56.3 Å². The fourth-order valence-electron chi connectivity index (χ4n) is 6.66. The lowest BCUT2D eigenvalue weighted by molar-refractivity contribution is 1.22. The summed E-state index contributed by atoms with van der Waals surface area (Å²) in [5, 5.41) is 0. The van der Waals surface area contributed by atoms with Gasteiger partial charge in [-0.3, -0.25) is 24.9 Å².